The maximum Gasteiger partial charge on any atom is 0.279 e. The molecule has 0 aliphatic heterocycles. The van der Waals surface area contributed by atoms with Crippen molar-refractivity contribution in [3.63, 3.8) is 0 Å². The lowest BCUT2D eigenvalue weighted by atomic mass is 10.1. The molecule has 0 atom stereocenters. The van der Waals surface area contributed by atoms with Crippen molar-refractivity contribution in [3.8, 4) is 0 Å². The molecule has 0 amide bonds. The van der Waals surface area contributed by atoms with E-state index in [1.807, 2.05) is 0 Å². The van der Waals surface area contributed by atoms with Gasteiger partial charge < -0.3 is 0 Å². The van der Waals surface area contributed by atoms with Gasteiger partial charge in [0.05, 0.1) is 0 Å². The molecule has 0 rings (SSSR count). The summed E-state index contributed by atoms with van der Waals surface area (Å²) in [5, 5.41) is 0. The Balaban J connectivity index is 4.01. The van der Waals surface area contributed by atoms with E-state index in [0.717, 1.165) is 0 Å². The van der Waals surface area contributed by atoms with Gasteiger partial charge in [0.15, 0.2) is 6.67 Å². The number of alkyl halides is 3. The van der Waals surface area contributed by atoms with Crippen molar-refractivity contribution >= 4 is 0 Å². The molecule has 0 heterocycles. The van der Waals surface area contributed by atoms with Crippen LogP contribution in [0.4, 0.5) is 13.2 Å². The van der Waals surface area contributed by atoms with E-state index < -0.39 is 19.0 Å². The van der Waals surface area contributed by atoms with Crippen molar-refractivity contribution in [1.29, 1.82) is 0 Å². The monoisotopic (exact) mass is 166 g/mol. The largest absolute Gasteiger partial charge is 0.279 e. The summed E-state index contributed by atoms with van der Waals surface area (Å²) < 4.78 is 36.3. The second-order valence-corrected chi connectivity index (χ2v) is 2.47. The SMILES string of the molecule is C/C=C(/CC)CC(F)(F)CF. The lowest BCUT2D eigenvalue weighted by Gasteiger charge is -2.12. The Morgan fingerprint density at radius 1 is 1.45 bits per heavy atom. The molecule has 0 aromatic rings. The Bertz CT molecular complexity index is 138. The molecule has 0 radical (unpaired) electrons. The van der Waals surface area contributed by atoms with Crippen LogP contribution in [0.25, 0.3) is 0 Å². The quantitative estimate of drug-likeness (QED) is 0.562. The van der Waals surface area contributed by atoms with Crippen molar-refractivity contribution in [2.75, 3.05) is 6.67 Å². The second-order valence-electron chi connectivity index (χ2n) is 2.47. The first-order chi connectivity index (χ1) is 5.05. The second kappa shape index (κ2) is 4.42. The van der Waals surface area contributed by atoms with Crippen LogP contribution in [0.1, 0.15) is 26.7 Å². The molecular formula is C8H13F3. The van der Waals surface area contributed by atoms with E-state index in [2.05, 4.69) is 0 Å². The fourth-order valence-corrected chi connectivity index (χ4v) is 0.811. The lowest BCUT2D eigenvalue weighted by molar-refractivity contribution is -0.0221. The summed E-state index contributed by atoms with van der Waals surface area (Å²) in [6.45, 7) is 1.90. The summed E-state index contributed by atoms with van der Waals surface area (Å²) >= 11 is 0. The fourth-order valence-electron chi connectivity index (χ4n) is 0.811. The third-order valence-electron chi connectivity index (χ3n) is 1.54. The normalized spacial score (nSPS) is 13.7. The molecule has 3 heteroatoms. The number of hydrogen-bond acceptors (Lipinski definition) is 0. The van der Waals surface area contributed by atoms with Gasteiger partial charge >= 0.3 is 0 Å². The van der Waals surface area contributed by atoms with E-state index in [-0.39, 0.29) is 0 Å². The van der Waals surface area contributed by atoms with Gasteiger partial charge in [-0.05, 0) is 13.3 Å². The predicted octanol–water partition coefficient (Wildman–Crippen LogP) is 3.34. The molecule has 0 bridgehead atoms. The fraction of sp³-hybridized carbons (Fsp3) is 0.750. The van der Waals surface area contributed by atoms with E-state index >= 15 is 0 Å². The van der Waals surface area contributed by atoms with Crippen LogP contribution < -0.4 is 0 Å². The highest BCUT2D eigenvalue weighted by Crippen LogP contribution is 2.24. The Hall–Kier alpha value is -0.470. The van der Waals surface area contributed by atoms with Crippen LogP contribution in [0, 0.1) is 0 Å². The summed E-state index contributed by atoms with van der Waals surface area (Å²) in [6, 6.07) is 0. The van der Waals surface area contributed by atoms with Crippen LogP contribution in [0.3, 0.4) is 0 Å². The van der Waals surface area contributed by atoms with E-state index in [1.54, 1.807) is 19.9 Å². The van der Waals surface area contributed by atoms with E-state index in [0.29, 0.717) is 12.0 Å². The van der Waals surface area contributed by atoms with E-state index in [9.17, 15) is 13.2 Å². The molecule has 11 heavy (non-hydrogen) atoms. The van der Waals surface area contributed by atoms with Crippen LogP contribution in [-0.2, 0) is 0 Å². The molecule has 0 spiro atoms. The van der Waals surface area contributed by atoms with E-state index in [4.69, 9.17) is 0 Å². The van der Waals surface area contributed by atoms with Gasteiger partial charge in [0.25, 0.3) is 5.92 Å². The minimum atomic E-state index is -3.17. The summed E-state index contributed by atoms with van der Waals surface area (Å²) in [6.07, 6.45) is 1.73. The molecule has 0 N–H and O–H groups in total. The topological polar surface area (TPSA) is 0 Å². The van der Waals surface area contributed by atoms with Gasteiger partial charge in [-0.1, -0.05) is 18.6 Å². The Morgan fingerprint density at radius 2 is 2.00 bits per heavy atom. The van der Waals surface area contributed by atoms with E-state index in [1.165, 1.54) is 0 Å². The van der Waals surface area contributed by atoms with Crippen LogP contribution in [0.5, 0.6) is 0 Å². The zero-order valence-corrected chi connectivity index (χ0v) is 6.83. The molecule has 0 unspecified atom stereocenters. The van der Waals surface area contributed by atoms with Crippen LogP contribution in [-0.4, -0.2) is 12.6 Å². The predicted molar refractivity (Wildman–Crippen MR) is 39.6 cm³/mol. The maximum absolute atomic E-state index is 12.4. The number of allylic oxidation sites excluding steroid dienone is 2. The van der Waals surface area contributed by atoms with Gasteiger partial charge in [-0.2, -0.15) is 0 Å². The first-order valence-corrected chi connectivity index (χ1v) is 3.63. The zero-order chi connectivity index (χ0) is 8.91. The summed E-state index contributed by atoms with van der Waals surface area (Å²) in [5.41, 5.74) is 0.604. The van der Waals surface area contributed by atoms with Crippen LogP contribution in [0.2, 0.25) is 0 Å². The van der Waals surface area contributed by atoms with Gasteiger partial charge in [0.1, 0.15) is 0 Å². The number of halogens is 3. The highest BCUT2D eigenvalue weighted by Gasteiger charge is 2.29. The molecule has 0 aliphatic rings. The molecule has 0 saturated carbocycles. The highest BCUT2D eigenvalue weighted by atomic mass is 19.3. The van der Waals surface area contributed by atoms with Crippen LogP contribution >= 0.6 is 0 Å². The molecular weight excluding hydrogens is 153 g/mol. The van der Waals surface area contributed by atoms with Crippen molar-refractivity contribution < 1.29 is 13.2 Å². The average Bonchev–Trinajstić information content (AvgIpc) is 2.00. The average molecular weight is 166 g/mol. The third-order valence-corrected chi connectivity index (χ3v) is 1.54. The standard InChI is InChI=1S/C8H13F3/c1-3-7(4-2)5-8(10,11)6-9/h3H,4-6H2,1-2H3/b7-3-. The smallest absolute Gasteiger partial charge is 0.244 e. The third kappa shape index (κ3) is 4.06. The van der Waals surface area contributed by atoms with Crippen molar-refractivity contribution in [2.45, 2.75) is 32.6 Å². The zero-order valence-electron chi connectivity index (χ0n) is 6.83. The molecule has 0 aromatic heterocycles. The molecule has 66 valence electrons. The molecule has 0 fully saturated rings. The minimum Gasteiger partial charge on any atom is -0.244 e. The summed E-state index contributed by atoms with van der Waals surface area (Å²) in [7, 11) is 0. The Morgan fingerprint density at radius 3 is 2.27 bits per heavy atom. The van der Waals surface area contributed by atoms with Gasteiger partial charge in [-0.3, -0.25) is 0 Å². The minimum absolute atomic E-state index is 0.448. The first kappa shape index (κ1) is 10.5. The van der Waals surface area contributed by atoms with Crippen molar-refractivity contribution in [1.82, 2.24) is 0 Å². The molecule has 0 saturated heterocycles. The summed E-state index contributed by atoms with van der Waals surface area (Å²) in [4.78, 5) is 0. The maximum atomic E-state index is 12.4. The van der Waals surface area contributed by atoms with Crippen molar-refractivity contribution in [3.05, 3.63) is 11.6 Å². The lowest BCUT2D eigenvalue weighted by Crippen LogP contribution is -2.19. The van der Waals surface area contributed by atoms with Gasteiger partial charge in [0, 0.05) is 6.42 Å². The van der Waals surface area contributed by atoms with Gasteiger partial charge in [-0.15, -0.1) is 0 Å². The van der Waals surface area contributed by atoms with Crippen molar-refractivity contribution in [2.24, 2.45) is 0 Å². The number of hydrogen-bond donors (Lipinski definition) is 0. The first-order valence-electron chi connectivity index (χ1n) is 3.63. The molecule has 0 nitrogen and oxygen atoms in total. The highest BCUT2D eigenvalue weighted by molar-refractivity contribution is 5.02. The summed E-state index contributed by atoms with van der Waals surface area (Å²) in [5.74, 6) is -3.17. The van der Waals surface area contributed by atoms with Gasteiger partial charge in [-0.25, -0.2) is 13.2 Å². The Labute approximate surface area is 65.1 Å². The molecule has 0 aliphatic carbocycles. The van der Waals surface area contributed by atoms with Crippen LogP contribution in [0.15, 0.2) is 11.6 Å². The number of rotatable bonds is 4. The van der Waals surface area contributed by atoms with Gasteiger partial charge in [0.2, 0.25) is 0 Å². The molecule has 0 aromatic carbocycles. The Kier molecular flexibility index (Phi) is 4.23.